The van der Waals surface area contributed by atoms with Crippen LogP contribution in [0.25, 0.3) is 0 Å². The first-order valence-corrected chi connectivity index (χ1v) is 7.85. The molecule has 1 aliphatic heterocycles. The summed E-state index contributed by atoms with van der Waals surface area (Å²) in [6.45, 7) is 6.69. The summed E-state index contributed by atoms with van der Waals surface area (Å²) in [5.74, 6) is 0.0413. The van der Waals surface area contributed by atoms with Gasteiger partial charge in [0, 0.05) is 32.1 Å². The van der Waals surface area contributed by atoms with Crippen molar-refractivity contribution in [3.05, 3.63) is 35.4 Å². The molecule has 4 nitrogen and oxygen atoms in total. The Morgan fingerprint density at radius 1 is 1.38 bits per heavy atom. The lowest BCUT2D eigenvalue weighted by Gasteiger charge is -2.30. The number of nitrogens with zero attached hydrogens (tertiary/aromatic N) is 1. The van der Waals surface area contributed by atoms with Crippen LogP contribution in [0.2, 0.25) is 0 Å². The summed E-state index contributed by atoms with van der Waals surface area (Å²) in [7, 11) is 0. The standard InChI is InChI=1S/C17H26N2O2/c1-3-13(2)17(21)18-10-16(20)12-19-9-8-14-6-4-5-7-15(14)11-19/h4-7,13,16,20H,3,8-12H2,1-2H3,(H,18,21). The van der Waals surface area contributed by atoms with Gasteiger partial charge in [0.1, 0.15) is 0 Å². The van der Waals surface area contributed by atoms with Crippen molar-refractivity contribution in [2.24, 2.45) is 5.92 Å². The van der Waals surface area contributed by atoms with Crippen molar-refractivity contribution < 1.29 is 9.90 Å². The fourth-order valence-corrected chi connectivity index (χ4v) is 2.65. The van der Waals surface area contributed by atoms with Gasteiger partial charge in [-0.15, -0.1) is 0 Å². The molecular formula is C17H26N2O2. The highest BCUT2D eigenvalue weighted by Crippen LogP contribution is 2.18. The largest absolute Gasteiger partial charge is 0.390 e. The molecule has 2 N–H and O–H groups in total. The number of rotatable bonds is 6. The molecule has 0 saturated carbocycles. The van der Waals surface area contributed by atoms with E-state index in [1.807, 2.05) is 13.8 Å². The van der Waals surface area contributed by atoms with Gasteiger partial charge < -0.3 is 10.4 Å². The Balaban J connectivity index is 1.77. The van der Waals surface area contributed by atoms with Crippen LogP contribution in [0.15, 0.2) is 24.3 Å². The molecule has 0 bridgehead atoms. The Hall–Kier alpha value is -1.39. The van der Waals surface area contributed by atoms with E-state index >= 15 is 0 Å². The molecule has 1 aromatic carbocycles. The number of carbonyl (C=O) groups is 1. The minimum absolute atomic E-state index is 0.0130. The van der Waals surface area contributed by atoms with E-state index in [1.54, 1.807) is 0 Å². The molecule has 2 unspecified atom stereocenters. The maximum atomic E-state index is 11.7. The molecule has 2 atom stereocenters. The zero-order chi connectivity index (χ0) is 15.2. The third-order valence-electron chi connectivity index (χ3n) is 4.25. The molecule has 0 aromatic heterocycles. The number of β-amino-alcohol motifs (C(OH)–C–C–N with tert-alkyl or cyclic N) is 1. The van der Waals surface area contributed by atoms with Crippen molar-refractivity contribution in [1.82, 2.24) is 10.2 Å². The predicted octanol–water partition coefficient (Wildman–Crippen LogP) is 1.57. The highest BCUT2D eigenvalue weighted by atomic mass is 16.3. The van der Waals surface area contributed by atoms with E-state index in [4.69, 9.17) is 0 Å². The minimum atomic E-state index is -0.511. The lowest BCUT2D eigenvalue weighted by Crippen LogP contribution is -2.42. The van der Waals surface area contributed by atoms with Crippen LogP contribution < -0.4 is 5.32 Å². The van der Waals surface area contributed by atoms with Crippen molar-refractivity contribution in [1.29, 1.82) is 0 Å². The number of amides is 1. The molecule has 1 aromatic rings. The summed E-state index contributed by atoms with van der Waals surface area (Å²) >= 11 is 0. The summed E-state index contributed by atoms with van der Waals surface area (Å²) in [4.78, 5) is 14.0. The maximum absolute atomic E-state index is 11.7. The SMILES string of the molecule is CCC(C)C(=O)NCC(O)CN1CCc2ccccc2C1. The number of carbonyl (C=O) groups excluding carboxylic acids is 1. The number of benzene rings is 1. The zero-order valence-electron chi connectivity index (χ0n) is 13.0. The Morgan fingerprint density at radius 3 is 2.81 bits per heavy atom. The third kappa shape index (κ3) is 4.55. The molecule has 4 heteroatoms. The predicted molar refractivity (Wildman–Crippen MR) is 83.9 cm³/mol. The van der Waals surface area contributed by atoms with Crippen LogP contribution in [0, 0.1) is 5.92 Å². The smallest absolute Gasteiger partial charge is 0.222 e. The van der Waals surface area contributed by atoms with E-state index in [1.165, 1.54) is 11.1 Å². The van der Waals surface area contributed by atoms with Gasteiger partial charge in [0.2, 0.25) is 5.91 Å². The third-order valence-corrected chi connectivity index (χ3v) is 4.25. The monoisotopic (exact) mass is 290 g/mol. The molecule has 1 aliphatic rings. The van der Waals surface area contributed by atoms with Gasteiger partial charge >= 0.3 is 0 Å². The van der Waals surface area contributed by atoms with Crippen LogP contribution in [0.5, 0.6) is 0 Å². The first kappa shape index (κ1) is 16.0. The van der Waals surface area contributed by atoms with E-state index in [0.717, 1.165) is 25.9 Å². The van der Waals surface area contributed by atoms with Gasteiger partial charge in [-0.1, -0.05) is 38.1 Å². The molecular weight excluding hydrogens is 264 g/mol. The topological polar surface area (TPSA) is 52.6 Å². The highest BCUT2D eigenvalue weighted by Gasteiger charge is 2.19. The summed E-state index contributed by atoms with van der Waals surface area (Å²) in [5, 5.41) is 12.9. The molecule has 2 rings (SSSR count). The summed E-state index contributed by atoms with van der Waals surface area (Å²) < 4.78 is 0. The van der Waals surface area contributed by atoms with Crippen LogP contribution in [0.4, 0.5) is 0 Å². The molecule has 0 spiro atoms. The number of hydrogen-bond acceptors (Lipinski definition) is 3. The fourth-order valence-electron chi connectivity index (χ4n) is 2.65. The highest BCUT2D eigenvalue weighted by molar-refractivity contribution is 5.78. The molecule has 0 saturated heterocycles. The Kier molecular flexibility index (Phi) is 5.76. The van der Waals surface area contributed by atoms with E-state index in [2.05, 4.69) is 34.5 Å². The first-order valence-electron chi connectivity index (χ1n) is 7.85. The van der Waals surface area contributed by atoms with Crippen molar-refractivity contribution >= 4 is 5.91 Å². The molecule has 1 amide bonds. The molecule has 0 fully saturated rings. The van der Waals surface area contributed by atoms with Crippen molar-refractivity contribution in [3.8, 4) is 0 Å². The average molecular weight is 290 g/mol. The molecule has 116 valence electrons. The second-order valence-corrected chi connectivity index (χ2v) is 5.96. The molecule has 0 radical (unpaired) electrons. The van der Waals surface area contributed by atoms with Crippen LogP contribution in [-0.4, -0.2) is 41.7 Å². The molecule has 1 heterocycles. The maximum Gasteiger partial charge on any atom is 0.222 e. The van der Waals surface area contributed by atoms with Gasteiger partial charge in [-0.3, -0.25) is 9.69 Å². The Bertz CT molecular complexity index is 476. The Labute approximate surface area is 127 Å². The quantitative estimate of drug-likeness (QED) is 0.836. The number of aliphatic hydroxyl groups excluding tert-OH is 1. The van der Waals surface area contributed by atoms with Crippen molar-refractivity contribution in [2.75, 3.05) is 19.6 Å². The zero-order valence-corrected chi connectivity index (χ0v) is 13.0. The van der Waals surface area contributed by atoms with Gasteiger partial charge in [0.15, 0.2) is 0 Å². The number of aliphatic hydroxyl groups is 1. The van der Waals surface area contributed by atoms with Gasteiger partial charge in [-0.25, -0.2) is 0 Å². The average Bonchev–Trinajstić information content (AvgIpc) is 2.51. The Morgan fingerprint density at radius 2 is 2.10 bits per heavy atom. The van der Waals surface area contributed by atoms with Crippen molar-refractivity contribution in [2.45, 2.75) is 39.3 Å². The van der Waals surface area contributed by atoms with Gasteiger partial charge in [-0.2, -0.15) is 0 Å². The molecule has 21 heavy (non-hydrogen) atoms. The summed E-state index contributed by atoms with van der Waals surface area (Å²) in [6.07, 6.45) is 1.34. The van der Waals surface area contributed by atoms with E-state index < -0.39 is 6.10 Å². The van der Waals surface area contributed by atoms with Gasteiger partial charge in [0.05, 0.1) is 6.10 Å². The fraction of sp³-hybridized carbons (Fsp3) is 0.588. The van der Waals surface area contributed by atoms with Gasteiger partial charge in [0.25, 0.3) is 0 Å². The summed E-state index contributed by atoms with van der Waals surface area (Å²) in [5.41, 5.74) is 2.76. The number of hydrogen-bond donors (Lipinski definition) is 2. The van der Waals surface area contributed by atoms with E-state index in [9.17, 15) is 9.90 Å². The second-order valence-electron chi connectivity index (χ2n) is 5.96. The number of fused-ring (bicyclic) bond motifs is 1. The second kappa shape index (κ2) is 7.57. The van der Waals surface area contributed by atoms with Crippen LogP contribution in [-0.2, 0) is 17.8 Å². The van der Waals surface area contributed by atoms with Crippen LogP contribution in [0.1, 0.15) is 31.4 Å². The van der Waals surface area contributed by atoms with E-state index in [0.29, 0.717) is 13.1 Å². The van der Waals surface area contributed by atoms with Crippen LogP contribution in [0.3, 0.4) is 0 Å². The van der Waals surface area contributed by atoms with Gasteiger partial charge in [-0.05, 0) is 24.0 Å². The van der Waals surface area contributed by atoms with E-state index in [-0.39, 0.29) is 11.8 Å². The lowest BCUT2D eigenvalue weighted by molar-refractivity contribution is -0.125. The lowest BCUT2D eigenvalue weighted by atomic mass is 10.00. The molecule has 0 aliphatic carbocycles. The summed E-state index contributed by atoms with van der Waals surface area (Å²) in [6, 6.07) is 8.47. The number of nitrogens with one attached hydrogen (secondary N) is 1. The van der Waals surface area contributed by atoms with Crippen molar-refractivity contribution in [3.63, 3.8) is 0 Å². The first-order chi connectivity index (χ1) is 10.1. The normalized spacial score (nSPS) is 17.9. The minimum Gasteiger partial charge on any atom is -0.390 e. The van der Waals surface area contributed by atoms with Crippen LogP contribution >= 0.6 is 0 Å².